The summed E-state index contributed by atoms with van der Waals surface area (Å²) in [6.07, 6.45) is 0.941. The van der Waals surface area contributed by atoms with Gasteiger partial charge in [-0.1, -0.05) is 29.3 Å². The maximum atomic E-state index is 13.9. The first kappa shape index (κ1) is 22.3. The fourth-order valence-corrected chi connectivity index (χ4v) is 4.36. The highest BCUT2D eigenvalue weighted by atomic mass is 35.5. The summed E-state index contributed by atoms with van der Waals surface area (Å²) in [5.41, 5.74) is 14.9. The third-order valence-electron chi connectivity index (χ3n) is 5.54. The summed E-state index contributed by atoms with van der Waals surface area (Å²) in [6, 6.07) is 9.82. The van der Waals surface area contributed by atoms with E-state index in [2.05, 4.69) is 10.3 Å². The van der Waals surface area contributed by atoms with Gasteiger partial charge >= 0.3 is 0 Å². The number of aromatic nitrogens is 1. The normalized spacial score (nSPS) is 14.6. The Morgan fingerprint density at radius 3 is 2.62 bits per heavy atom. The maximum absolute atomic E-state index is 13.9. The summed E-state index contributed by atoms with van der Waals surface area (Å²) in [5, 5.41) is 3.38. The van der Waals surface area contributed by atoms with Crippen molar-refractivity contribution >= 4 is 34.9 Å². The van der Waals surface area contributed by atoms with Crippen LogP contribution in [0.4, 0.5) is 10.2 Å². The van der Waals surface area contributed by atoms with Crippen molar-refractivity contribution in [3.8, 4) is 16.9 Å². The van der Waals surface area contributed by atoms with Gasteiger partial charge in [-0.2, -0.15) is 0 Å². The highest BCUT2D eigenvalue weighted by molar-refractivity contribution is 6.36. The van der Waals surface area contributed by atoms with E-state index in [1.165, 1.54) is 12.1 Å². The van der Waals surface area contributed by atoms with Crippen LogP contribution in [-0.2, 0) is 0 Å². The molecule has 5 N–H and O–H groups in total. The van der Waals surface area contributed by atoms with E-state index >= 15 is 0 Å². The molecule has 2 heterocycles. The van der Waals surface area contributed by atoms with E-state index in [-0.39, 0.29) is 21.8 Å². The molecular weight excluding hydrogens is 454 g/mol. The maximum Gasteiger partial charge on any atom is 0.248 e. The highest BCUT2D eigenvalue weighted by Crippen LogP contribution is 2.37. The van der Waals surface area contributed by atoms with Gasteiger partial charge < -0.3 is 21.5 Å². The van der Waals surface area contributed by atoms with Gasteiger partial charge in [0.2, 0.25) is 5.91 Å². The molecule has 6 nitrogen and oxygen atoms in total. The minimum Gasteiger partial charge on any atom is -0.482 e. The van der Waals surface area contributed by atoms with Crippen molar-refractivity contribution in [2.45, 2.75) is 18.9 Å². The summed E-state index contributed by atoms with van der Waals surface area (Å²) in [7, 11) is 0. The molecule has 0 aliphatic carbocycles. The molecule has 1 unspecified atom stereocenters. The third-order valence-corrected chi connectivity index (χ3v) is 6.26. The van der Waals surface area contributed by atoms with Crippen LogP contribution in [0, 0.1) is 5.82 Å². The average Bonchev–Trinajstić information content (AvgIpc) is 2.71. The van der Waals surface area contributed by atoms with Crippen LogP contribution in [0.5, 0.6) is 5.75 Å². The lowest BCUT2D eigenvalue weighted by molar-refractivity contribution is 0.0998. The summed E-state index contributed by atoms with van der Waals surface area (Å²) in [6.45, 7) is 3.26. The molecule has 0 radical (unpaired) electrons. The largest absolute Gasteiger partial charge is 0.482 e. The number of pyridine rings is 1. The summed E-state index contributed by atoms with van der Waals surface area (Å²) >= 11 is 12.3. The Hall–Kier alpha value is -2.87. The lowest BCUT2D eigenvalue weighted by atomic mass is 9.87. The van der Waals surface area contributed by atoms with Gasteiger partial charge in [0.1, 0.15) is 11.9 Å². The lowest BCUT2D eigenvalue weighted by Crippen LogP contribution is -2.40. The molecule has 4 rings (SSSR count). The number of nitrogens with zero attached hydrogens (tertiary/aromatic N) is 1. The summed E-state index contributed by atoms with van der Waals surface area (Å²) in [5.74, 6) is -0.365. The summed E-state index contributed by atoms with van der Waals surface area (Å²) in [4.78, 5) is 16.1. The Labute approximate surface area is 194 Å². The number of nitrogen functional groups attached to an aromatic ring is 1. The molecular formula is C23H21Cl2FN4O2. The molecule has 1 aromatic heterocycles. The number of hydrogen-bond acceptors (Lipinski definition) is 5. The molecule has 32 heavy (non-hydrogen) atoms. The molecule has 1 aliphatic rings. The molecule has 1 fully saturated rings. The van der Waals surface area contributed by atoms with Gasteiger partial charge in [-0.15, -0.1) is 0 Å². The number of rotatable bonds is 6. The molecule has 0 spiro atoms. The van der Waals surface area contributed by atoms with Crippen molar-refractivity contribution in [3.05, 3.63) is 75.1 Å². The second-order valence-corrected chi connectivity index (χ2v) is 8.43. The lowest BCUT2D eigenvalue weighted by Gasteiger charge is -2.29. The number of amides is 1. The molecule has 9 heteroatoms. The van der Waals surface area contributed by atoms with Gasteiger partial charge in [0.15, 0.2) is 11.6 Å². The van der Waals surface area contributed by atoms with Gasteiger partial charge in [0, 0.05) is 46.9 Å². The molecule has 3 aromatic rings. The first-order chi connectivity index (χ1) is 15.3. The third kappa shape index (κ3) is 4.24. The van der Waals surface area contributed by atoms with Gasteiger partial charge in [0.25, 0.3) is 0 Å². The molecule has 0 bridgehead atoms. The topological polar surface area (TPSA) is 103 Å². The monoisotopic (exact) mass is 474 g/mol. The molecule has 1 amide bonds. The fraction of sp³-hybridized carbons (Fsp3) is 0.217. The number of carbonyl (C=O) groups is 1. The molecule has 1 aliphatic heterocycles. The van der Waals surface area contributed by atoms with Crippen LogP contribution >= 0.6 is 23.2 Å². The Morgan fingerprint density at radius 1 is 1.22 bits per heavy atom. The van der Waals surface area contributed by atoms with Crippen LogP contribution in [-0.4, -0.2) is 24.0 Å². The van der Waals surface area contributed by atoms with E-state index in [0.29, 0.717) is 16.9 Å². The van der Waals surface area contributed by atoms with Crippen molar-refractivity contribution in [1.29, 1.82) is 0 Å². The minimum atomic E-state index is -0.682. The predicted molar refractivity (Wildman–Crippen MR) is 124 cm³/mol. The molecule has 1 atom stereocenters. The van der Waals surface area contributed by atoms with Crippen LogP contribution in [0.25, 0.3) is 11.1 Å². The smallest absolute Gasteiger partial charge is 0.248 e. The van der Waals surface area contributed by atoms with Gasteiger partial charge in [0.05, 0.1) is 5.02 Å². The van der Waals surface area contributed by atoms with Gasteiger partial charge in [-0.05, 0) is 48.4 Å². The Balaban J connectivity index is 1.68. The quantitative estimate of drug-likeness (QED) is 0.449. The number of carbonyl (C=O) groups excluding carboxylic acids is 1. The van der Waals surface area contributed by atoms with Crippen LogP contribution in [0.2, 0.25) is 10.0 Å². The van der Waals surface area contributed by atoms with Gasteiger partial charge in [-0.25, -0.2) is 9.37 Å². The molecule has 166 valence electrons. The van der Waals surface area contributed by atoms with E-state index in [1.54, 1.807) is 31.3 Å². The molecule has 0 saturated carbocycles. The highest BCUT2D eigenvalue weighted by Gasteiger charge is 2.24. The zero-order chi connectivity index (χ0) is 23.0. The van der Waals surface area contributed by atoms with Crippen LogP contribution in [0.3, 0.4) is 0 Å². The average molecular weight is 475 g/mol. The van der Waals surface area contributed by atoms with Gasteiger partial charge in [-0.3, -0.25) is 4.79 Å². The SMILES string of the molecule is CC(Oc1cc(-c2ccc(C(N)=O)c(C3CNC3)c2)cnc1N)c1c(Cl)ccc(F)c1Cl. The Kier molecular flexibility index (Phi) is 6.24. The second kappa shape index (κ2) is 8.94. The number of anilines is 1. The van der Waals surface area contributed by atoms with Crippen LogP contribution in [0.1, 0.15) is 40.4 Å². The number of nitrogens with two attached hydrogens (primary N) is 2. The van der Waals surface area contributed by atoms with Crippen molar-refractivity contribution in [2.24, 2.45) is 5.73 Å². The minimum absolute atomic E-state index is 0.103. The Morgan fingerprint density at radius 2 is 1.97 bits per heavy atom. The van der Waals surface area contributed by atoms with Crippen molar-refractivity contribution < 1.29 is 13.9 Å². The van der Waals surface area contributed by atoms with E-state index in [4.69, 9.17) is 39.4 Å². The zero-order valence-electron chi connectivity index (χ0n) is 17.2. The number of benzene rings is 2. The number of hydrogen-bond donors (Lipinski definition) is 3. The van der Waals surface area contributed by atoms with E-state index in [0.717, 1.165) is 29.8 Å². The standard InChI is InChI=1S/C23H21Cl2FN4O2/c1-11(20-17(24)4-5-18(26)21(20)25)32-19-7-13(10-30-22(19)27)12-2-3-15(23(28)31)16(6-12)14-8-29-9-14/h2-7,10-11,14,29H,8-9H2,1H3,(H2,27,30)(H2,28,31). The molecule has 1 saturated heterocycles. The summed E-state index contributed by atoms with van der Waals surface area (Å²) < 4.78 is 19.9. The van der Waals surface area contributed by atoms with Crippen molar-refractivity contribution in [1.82, 2.24) is 10.3 Å². The molecule has 2 aromatic carbocycles. The van der Waals surface area contributed by atoms with E-state index in [9.17, 15) is 9.18 Å². The zero-order valence-corrected chi connectivity index (χ0v) is 18.7. The van der Waals surface area contributed by atoms with Crippen molar-refractivity contribution in [2.75, 3.05) is 18.8 Å². The van der Waals surface area contributed by atoms with Crippen molar-refractivity contribution in [3.63, 3.8) is 0 Å². The number of primary amides is 1. The Bertz CT molecular complexity index is 1200. The van der Waals surface area contributed by atoms with E-state index < -0.39 is 17.8 Å². The fourth-order valence-electron chi connectivity index (χ4n) is 3.69. The second-order valence-electron chi connectivity index (χ2n) is 7.65. The van der Waals surface area contributed by atoms with Crippen LogP contribution in [0.15, 0.2) is 42.6 Å². The predicted octanol–water partition coefficient (Wildman–Crippen LogP) is 4.70. The number of halogens is 3. The first-order valence-electron chi connectivity index (χ1n) is 9.96. The first-order valence-corrected chi connectivity index (χ1v) is 10.7. The van der Waals surface area contributed by atoms with Crippen LogP contribution < -0.4 is 21.5 Å². The number of nitrogens with one attached hydrogen (secondary N) is 1. The van der Waals surface area contributed by atoms with E-state index in [1.807, 2.05) is 6.07 Å². The number of ether oxygens (including phenoxy) is 1.